The predicted octanol–water partition coefficient (Wildman–Crippen LogP) is 4.28. The van der Waals surface area contributed by atoms with Crippen molar-refractivity contribution in [2.24, 2.45) is 7.05 Å². The fourth-order valence-corrected chi connectivity index (χ4v) is 3.19. The highest BCUT2D eigenvalue weighted by Gasteiger charge is 2.07. The van der Waals surface area contributed by atoms with Crippen LogP contribution in [0.1, 0.15) is 11.1 Å². The van der Waals surface area contributed by atoms with Crippen molar-refractivity contribution >= 4 is 21.7 Å². The maximum atomic E-state index is 12.2. The van der Waals surface area contributed by atoms with Gasteiger partial charge in [0.15, 0.2) is 0 Å². The van der Waals surface area contributed by atoms with E-state index in [0.717, 1.165) is 22.9 Å². The number of hydrogen-bond donors (Lipinski definition) is 0. The van der Waals surface area contributed by atoms with E-state index in [1.54, 1.807) is 10.6 Å². The van der Waals surface area contributed by atoms with E-state index in [0.29, 0.717) is 0 Å². The lowest BCUT2D eigenvalue weighted by atomic mass is 9.99. The highest BCUT2D eigenvalue weighted by Crippen LogP contribution is 2.22. The molecule has 0 aliphatic rings. The first kappa shape index (κ1) is 13.8. The highest BCUT2D eigenvalue weighted by molar-refractivity contribution is 5.85. The van der Waals surface area contributed by atoms with Gasteiger partial charge in [-0.3, -0.25) is 4.79 Å². The summed E-state index contributed by atoms with van der Waals surface area (Å²) in [6.45, 7) is 0. The Bertz CT molecular complexity index is 1080. The molecule has 0 fully saturated rings. The third-order valence-corrected chi connectivity index (χ3v) is 4.45. The van der Waals surface area contributed by atoms with E-state index in [2.05, 4.69) is 48.5 Å². The first-order valence-corrected chi connectivity index (χ1v) is 7.78. The van der Waals surface area contributed by atoms with Gasteiger partial charge in [-0.05, 0) is 34.4 Å². The molecule has 0 amide bonds. The molecule has 0 spiro atoms. The molecule has 1 heterocycles. The molecule has 0 bridgehead atoms. The molecule has 4 rings (SSSR count). The summed E-state index contributed by atoms with van der Waals surface area (Å²) < 4.78 is 1.71. The van der Waals surface area contributed by atoms with Crippen molar-refractivity contribution in [3.63, 3.8) is 0 Å². The van der Waals surface area contributed by atoms with E-state index in [-0.39, 0.29) is 5.56 Å². The summed E-state index contributed by atoms with van der Waals surface area (Å²) in [5.74, 6) is 0. The van der Waals surface area contributed by atoms with Gasteiger partial charge in [-0.15, -0.1) is 0 Å². The second-order valence-corrected chi connectivity index (χ2v) is 5.94. The molecule has 0 unspecified atom stereocenters. The lowest BCUT2D eigenvalue weighted by Crippen LogP contribution is -2.17. The van der Waals surface area contributed by atoms with Crippen LogP contribution in [-0.2, 0) is 13.5 Å². The Morgan fingerprint density at radius 2 is 1.57 bits per heavy atom. The van der Waals surface area contributed by atoms with Gasteiger partial charge in [0.25, 0.3) is 5.56 Å². The second-order valence-electron chi connectivity index (χ2n) is 5.94. The summed E-state index contributed by atoms with van der Waals surface area (Å²) in [7, 11) is 1.82. The van der Waals surface area contributed by atoms with E-state index < -0.39 is 0 Å². The minimum atomic E-state index is 0.0412. The Balaban J connectivity index is 1.86. The molecule has 0 aliphatic heterocycles. The van der Waals surface area contributed by atoms with Gasteiger partial charge in [-0.25, -0.2) is 0 Å². The van der Waals surface area contributed by atoms with Crippen molar-refractivity contribution in [1.82, 2.24) is 4.57 Å². The molecule has 3 aromatic carbocycles. The van der Waals surface area contributed by atoms with Gasteiger partial charge in [0.2, 0.25) is 0 Å². The predicted molar refractivity (Wildman–Crippen MR) is 95.9 cm³/mol. The fraction of sp³-hybridized carbons (Fsp3) is 0.0952. The Morgan fingerprint density at radius 1 is 0.826 bits per heavy atom. The number of para-hydroxylation sites is 1. The van der Waals surface area contributed by atoms with Gasteiger partial charge in [0.05, 0.1) is 5.52 Å². The summed E-state index contributed by atoms with van der Waals surface area (Å²) in [5.41, 5.74) is 3.33. The smallest absolute Gasteiger partial charge is 0.251 e. The van der Waals surface area contributed by atoms with Crippen LogP contribution in [0.5, 0.6) is 0 Å². The van der Waals surface area contributed by atoms with Crippen LogP contribution in [0.3, 0.4) is 0 Å². The third kappa shape index (κ3) is 2.42. The van der Waals surface area contributed by atoms with Crippen LogP contribution >= 0.6 is 0 Å². The van der Waals surface area contributed by atoms with Crippen molar-refractivity contribution in [3.8, 4) is 0 Å². The first-order chi connectivity index (χ1) is 11.2. The summed E-state index contributed by atoms with van der Waals surface area (Å²) in [4.78, 5) is 12.2. The number of aryl methyl sites for hydroxylation is 1. The number of rotatable bonds is 2. The Hall–Kier alpha value is -2.87. The molecular weight excluding hydrogens is 282 g/mol. The quantitative estimate of drug-likeness (QED) is 0.541. The van der Waals surface area contributed by atoms with Crippen molar-refractivity contribution in [2.75, 3.05) is 0 Å². The number of hydrogen-bond acceptors (Lipinski definition) is 1. The molecule has 23 heavy (non-hydrogen) atoms. The van der Waals surface area contributed by atoms with E-state index in [1.165, 1.54) is 16.3 Å². The first-order valence-electron chi connectivity index (χ1n) is 7.78. The van der Waals surface area contributed by atoms with Crippen molar-refractivity contribution in [1.29, 1.82) is 0 Å². The SMILES string of the molecule is Cn1c(=O)cc(Cc2ccc3ccccc3c2)c2ccccc21. The minimum absolute atomic E-state index is 0.0412. The summed E-state index contributed by atoms with van der Waals surface area (Å²) in [6.07, 6.45) is 0.765. The van der Waals surface area contributed by atoms with Crippen LogP contribution < -0.4 is 5.56 Å². The summed E-state index contributed by atoms with van der Waals surface area (Å²) in [5, 5.41) is 3.62. The van der Waals surface area contributed by atoms with Gasteiger partial charge in [-0.2, -0.15) is 0 Å². The number of nitrogens with zero attached hydrogens (tertiary/aromatic N) is 1. The number of aromatic nitrogens is 1. The topological polar surface area (TPSA) is 22.0 Å². The lowest BCUT2D eigenvalue weighted by molar-refractivity contribution is 0.900. The van der Waals surface area contributed by atoms with Crippen LogP contribution in [0.4, 0.5) is 0 Å². The van der Waals surface area contributed by atoms with Crippen LogP contribution in [0.2, 0.25) is 0 Å². The minimum Gasteiger partial charge on any atom is -0.311 e. The van der Waals surface area contributed by atoms with Gasteiger partial charge < -0.3 is 4.57 Å². The summed E-state index contributed by atoms with van der Waals surface area (Å²) in [6, 6.07) is 24.7. The van der Waals surface area contributed by atoms with Gasteiger partial charge in [0, 0.05) is 18.5 Å². The van der Waals surface area contributed by atoms with E-state index in [9.17, 15) is 4.79 Å². The van der Waals surface area contributed by atoms with E-state index >= 15 is 0 Å². The largest absolute Gasteiger partial charge is 0.311 e. The zero-order valence-electron chi connectivity index (χ0n) is 13.0. The molecule has 0 saturated carbocycles. The normalized spacial score (nSPS) is 11.2. The Labute approximate surface area is 134 Å². The van der Waals surface area contributed by atoms with Crippen LogP contribution in [0.15, 0.2) is 77.6 Å². The molecule has 4 aromatic rings. The van der Waals surface area contributed by atoms with Gasteiger partial charge in [-0.1, -0.05) is 60.7 Å². The lowest BCUT2D eigenvalue weighted by Gasteiger charge is -2.10. The molecule has 0 aliphatic carbocycles. The fourth-order valence-electron chi connectivity index (χ4n) is 3.19. The molecule has 0 saturated heterocycles. The van der Waals surface area contributed by atoms with Crippen molar-refractivity contribution < 1.29 is 0 Å². The van der Waals surface area contributed by atoms with Crippen LogP contribution in [0, 0.1) is 0 Å². The second kappa shape index (κ2) is 5.40. The molecular formula is C21H17NO. The zero-order valence-corrected chi connectivity index (χ0v) is 13.0. The van der Waals surface area contributed by atoms with Crippen molar-refractivity contribution in [2.45, 2.75) is 6.42 Å². The van der Waals surface area contributed by atoms with Gasteiger partial charge in [0.1, 0.15) is 0 Å². The average molecular weight is 299 g/mol. The molecule has 1 aromatic heterocycles. The van der Waals surface area contributed by atoms with Gasteiger partial charge >= 0.3 is 0 Å². The van der Waals surface area contributed by atoms with Crippen LogP contribution in [-0.4, -0.2) is 4.57 Å². The summed E-state index contributed by atoms with van der Waals surface area (Å²) >= 11 is 0. The van der Waals surface area contributed by atoms with Crippen molar-refractivity contribution in [3.05, 3.63) is 94.3 Å². The van der Waals surface area contributed by atoms with E-state index in [4.69, 9.17) is 0 Å². The molecule has 2 nitrogen and oxygen atoms in total. The molecule has 2 heteroatoms. The molecule has 0 radical (unpaired) electrons. The number of benzene rings is 3. The maximum absolute atomic E-state index is 12.2. The average Bonchev–Trinajstić information content (AvgIpc) is 2.59. The monoisotopic (exact) mass is 299 g/mol. The van der Waals surface area contributed by atoms with Crippen LogP contribution in [0.25, 0.3) is 21.7 Å². The molecule has 112 valence electrons. The third-order valence-electron chi connectivity index (χ3n) is 4.45. The number of fused-ring (bicyclic) bond motifs is 2. The molecule has 0 N–H and O–H groups in total. The maximum Gasteiger partial charge on any atom is 0.251 e. The number of pyridine rings is 1. The Morgan fingerprint density at radius 3 is 2.43 bits per heavy atom. The Kier molecular flexibility index (Phi) is 3.23. The standard InChI is InChI=1S/C21H17NO/c1-22-20-9-5-4-8-19(20)18(14-21(22)23)13-15-10-11-16-6-2-3-7-17(16)12-15/h2-12,14H,13H2,1H3. The highest BCUT2D eigenvalue weighted by atomic mass is 16.1. The zero-order chi connectivity index (χ0) is 15.8. The molecule has 0 atom stereocenters. The van der Waals surface area contributed by atoms with E-state index in [1.807, 2.05) is 25.2 Å².